The van der Waals surface area contributed by atoms with E-state index in [4.69, 9.17) is 30.6 Å². The molecule has 0 aliphatic carbocycles. The SMILES string of the molecule is CCO.CCO.C[N+](C)(C)CCO.O=C(O)CC(O)(CC(=O)O)C(=O)[O-]. The average Bonchev–Trinajstić information content (AvgIpc) is 2.37. The minimum atomic E-state index is -2.85. The number of nitrogens with zero attached hydrogens (tertiary/aromatic N) is 1. The number of aliphatic hydroxyl groups is 4. The van der Waals surface area contributed by atoms with Crippen molar-refractivity contribution in [3.05, 3.63) is 0 Å². The quantitative estimate of drug-likeness (QED) is 0.246. The molecule has 0 aromatic carbocycles. The van der Waals surface area contributed by atoms with Crippen molar-refractivity contribution in [3.63, 3.8) is 0 Å². The molecule has 0 saturated carbocycles. The van der Waals surface area contributed by atoms with Gasteiger partial charge in [-0.05, 0) is 13.8 Å². The lowest BCUT2D eigenvalue weighted by molar-refractivity contribution is -0.870. The minimum Gasteiger partial charge on any atom is -0.547 e. The molecule has 0 radical (unpaired) electrons. The van der Waals surface area contributed by atoms with Gasteiger partial charge in [0.2, 0.25) is 0 Å². The van der Waals surface area contributed by atoms with Gasteiger partial charge < -0.3 is 45.0 Å². The number of carboxylic acids is 3. The number of rotatable bonds is 7. The summed E-state index contributed by atoms with van der Waals surface area (Å²) in [6, 6.07) is 0. The Morgan fingerprint density at radius 3 is 1.23 bits per heavy atom. The Morgan fingerprint density at radius 1 is 0.885 bits per heavy atom. The molecule has 0 fully saturated rings. The average molecular weight is 387 g/mol. The number of aliphatic carboxylic acids is 3. The molecule has 6 N–H and O–H groups in total. The molecule has 11 heteroatoms. The zero-order valence-corrected chi connectivity index (χ0v) is 16.0. The number of carboxylic acid groups (broad SMARTS) is 3. The molecule has 26 heavy (non-hydrogen) atoms. The van der Waals surface area contributed by atoms with Gasteiger partial charge in [0.15, 0.2) is 0 Å². The summed E-state index contributed by atoms with van der Waals surface area (Å²) < 4.78 is 0.844. The number of hydrogen-bond donors (Lipinski definition) is 6. The Kier molecular flexibility index (Phi) is 22.1. The van der Waals surface area contributed by atoms with Gasteiger partial charge in [0.05, 0.1) is 46.6 Å². The van der Waals surface area contributed by atoms with Crippen LogP contribution in [0.5, 0.6) is 0 Å². The van der Waals surface area contributed by atoms with E-state index in [0.29, 0.717) is 0 Å². The van der Waals surface area contributed by atoms with Crippen LogP contribution in [0, 0.1) is 0 Å². The lowest BCUT2D eigenvalue weighted by Gasteiger charge is -2.25. The van der Waals surface area contributed by atoms with Crippen LogP contribution in [0.3, 0.4) is 0 Å². The molecule has 0 heterocycles. The van der Waals surface area contributed by atoms with Crippen LogP contribution in [-0.4, -0.2) is 106 Å². The Labute approximate surface area is 153 Å². The van der Waals surface area contributed by atoms with Gasteiger partial charge >= 0.3 is 11.9 Å². The molecule has 0 rings (SSSR count). The van der Waals surface area contributed by atoms with Gasteiger partial charge in [0.1, 0.15) is 12.1 Å². The fraction of sp³-hybridized carbons (Fsp3) is 0.800. The Balaban J connectivity index is -0.000000155. The molecule has 0 bridgehead atoms. The van der Waals surface area contributed by atoms with E-state index in [1.165, 1.54) is 0 Å². The molecule has 0 aromatic rings. The van der Waals surface area contributed by atoms with Crippen LogP contribution in [0.25, 0.3) is 0 Å². The molecule has 0 spiro atoms. The van der Waals surface area contributed by atoms with Crippen molar-refractivity contribution in [1.82, 2.24) is 0 Å². The van der Waals surface area contributed by atoms with Crippen LogP contribution in [0.1, 0.15) is 26.7 Å². The predicted molar refractivity (Wildman–Crippen MR) is 90.0 cm³/mol. The standard InChI is InChI=1S/C6H8O7.C5H14NO.2C2H6O/c7-3(8)1-6(13,5(11)12)2-4(9)10;1-6(2,3)4-5-7;2*1-2-3/h13H,1-2H2,(H,7,8)(H,9,10)(H,11,12);7H,4-5H2,1-3H3;2*3H,2H2,1H3/q;+1;;/p-1. The fourth-order valence-corrected chi connectivity index (χ4v) is 1.01. The molecule has 0 unspecified atom stereocenters. The van der Waals surface area contributed by atoms with Crippen molar-refractivity contribution in [1.29, 1.82) is 0 Å². The molecule has 158 valence electrons. The third-order valence-electron chi connectivity index (χ3n) is 2.04. The van der Waals surface area contributed by atoms with Gasteiger partial charge in [0, 0.05) is 13.2 Å². The van der Waals surface area contributed by atoms with E-state index in [-0.39, 0.29) is 19.8 Å². The molecular formula is C15H33NO10. The summed E-state index contributed by atoms with van der Waals surface area (Å²) in [6.07, 6.45) is -2.41. The third kappa shape index (κ3) is 30.1. The second-order valence-corrected chi connectivity index (χ2v) is 5.83. The maximum Gasteiger partial charge on any atom is 0.306 e. The highest BCUT2D eigenvalue weighted by Gasteiger charge is 2.34. The fourth-order valence-electron chi connectivity index (χ4n) is 1.01. The van der Waals surface area contributed by atoms with E-state index in [9.17, 15) is 19.5 Å². The summed E-state index contributed by atoms with van der Waals surface area (Å²) >= 11 is 0. The van der Waals surface area contributed by atoms with Crippen molar-refractivity contribution < 1.29 is 54.6 Å². The molecule has 0 aliphatic rings. The van der Waals surface area contributed by atoms with E-state index in [0.717, 1.165) is 11.0 Å². The highest BCUT2D eigenvalue weighted by atomic mass is 16.4. The molecule has 11 nitrogen and oxygen atoms in total. The molecule has 0 atom stereocenters. The minimum absolute atomic E-state index is 0.250. The van der Waals surface area contributed by atoms with Crippen LogP contribution in [0.2, 0.25) is 0 Å². The zero-order valence-electron chi connectivity index (χ0n) is 16.0. The monoisotopic (exact) mass is 387 g/mol. The zero-order chi connectivity index (χ0) is 22.0. The Bertz CT molecular complexity index is 361. The number of likely N-dealkylation sites (N-methyl/N-ethyl adjacent to an activating group) is 1. The normalized spacial score (nSPS) is 10.0. The number of hydrogen-bond acceptors (Lipinski definition) is 8. The predicted octanol–water partition coefficient (Wildman–Crippen LogP) is -2.90. The molecular weight excluding hydrogens is 354 g/mol. The van der Waals surface area contributed by atoms with Crippen LogP contribution in [0.15, 0.2) is 0 Å². The van der Waals surface area contributed by atoms with Crippen molar-refractivity contribution in [2.75, 3.05) is 47.5 Å². The first-order valence-corrected chi connectivity index (χ1v) is 7.67. The van der Waals surface area contributed by atoms with E-state index in [1.54, 1.807) is 13.8 Å². The number of carbonyl (C=O) groups excluding carboxylic acids is 1. The van der Waals surface area contributed by atoms with Crippen LogP contribution >= 0.6 is 0 Å². The van der Waals surface area contributed by atoms with E-state index < -0.39 is 36.4 Å². The smallest absolute Gasteiger partial charge is 0.306 e. The first-order chi connectivity index (χ1) is 11.7. The number of carbonyl (C=O) groups is 3. The highest BCUT2D eigenvalue weighted by molar-refractivity contribution is 5.86. The Morgan fingerprint density at radius 2 is 1.15 bits per heavy atom. The first-order valence-electron chi connectivity index (χ1n) is 7.67. The summed E-state index contributed by atoms with van der Waals surface area (Å²) in [5, 5.41) is 59.1. The summed E-state index contributed by atoms with van der Waals surface area (Å²) in [6.45, 7) is 4.98. The lowest BCUT2D eigenvalue weighted by atomic mass is 9.96. The van der Waals surface area contributed by atoms with Crippen molar-refractivity contribution in [2.45, 2.75) is 32.3 Å². The maximum atomic E-state index is 10.2. The van der Waals surface area contributed by atoms with Gasteiger partial charge in [-0.25, -0.2) is 0 Å². The van der Waals surface area contributed by atoms with Gasteiger partial charge in [-0.1, -0.05) is 0 Å². The van der Waals surface area contributed by atoms with Gasteiger partial charge in [-0.3, -0.25) is 9.59 Å². The molecule has 0 aliphatic heterocycles. The highest BCUT2D eigenvalue weighted by Crippen LogP contribution is 2.14. The number of quaternary nitrogens is 1. The number of aliphatic hydroxyl groups excluding tert-OH is 3. The van der Waals surface area contributed by atoms with Crippen LogP contribution < -0.4 is 5.11 Å². The summed E-state index contributed by atoms with van der Waals surface area (Å²) in [4.78, 5) is 30.3. The van der Waals surface area contributed by atoms with Gasteiger partial charge in [-0.15, -0.1) is 0 Å². The molecule has 0 amide bonds. The second kappa shape index (κ2) is 18.0. The maximum absolute atomic E-state index is 10.2. The van der Waals surface area contributed by atoms with Gasteiger partial charge in [0.25, 0.3) is 0 Å². The Hall–Kier alpha value is -1.79. The first kappa shape index (κ1) is 31.9. The van der Waals surface area contributed by atoms with Crippen LogP contribution in [-0.2, 0) is 14.4 Å². The van der Waals surface area contributed by atoms with Crippen molar-refractivity contribution in [3.8, 4) is 0 Å². The third-order valence-corrected chi connectivity index (χ3v) is 2.04. The molecule has 0 saturated heterocycles. The van der Waals surface area contributed by atoms with Crippen molar-refractivity contribution in [2.24, 2.45) is 0 Å². The van der Waals surface area contributed by atoms with E-state index >= 15 is 0 Å². The summed E-state index contributed by atoms with van der Waals surface area (Å²) in [7, 11) is 6.16. The second-order valence-electron chi connectivity index (χ2n) is 5.83. The summed E-state index contributed by atoms with van der Waals surface area (Å²) in [5.74, 6) is -5.35. The van der Waals surface area contributed by atoms with Crippen molar-refractivity contribution >= 4 is 17.9 Å². The largest absolute Gasteiger partial charge is 0.547 e. The summed E-state index contributed by atoms with van der Waals surface area (Å²) in [5.41, 5.74) is -2.85. The lowest BCUT2D eigenvalue weighted by Crippen LogP contribution is -2.51. The van der Waals surface area contributed by atoms with Crippen LogP contribution in [0.4, 0.5) is 0 Å². The van der Waals surface area contributed by atoms with Gasteiger partial charge in [-0.2, -0.15) is 0 Å². The topological polar surface area (TPSA) is 196 Å². The van der Waals surface area contributed by atoms with E-state index in [1.807, 2.05) is 0 Å². The molecule has 0 aromatic heterocycles. The van der Waals surface area contributed by atoms with E-state index in [2.05, 4.69) is 21.1 Å².